The van der Waals surface area contributed by atoms with Crippen LogP contribution in [-0.4, -0.2) is 36.6 Å². The van der Waals surface area contributed by atoms with Gasteiger partial charge in [0.25, 0.3) is 5.91 Å². The molecule has 0 fully saturated rings. The Hall–Kier alpha value is -3.39. The largest absolute Gasteiger partial charge is 0.490 e. The van der Waals surface area contributed by atoms with E-state index in [4.69, 9.17) is 9.47 Å². The molecule has 30 heavy (non-hydrogen) atoms. The molecule has 2 aromatic carbocycles. The number of hydrogen-bond donors (Lipinski definition) is 2. The predicted molar refractivity (Wildman–Crippen MR) is 117 cm³/mol. The number of anilines is 1. The standard InChI is InChI=1S/C22H23N3O4S/c1-3-28-18-11-10-16(12-19(18)29-4-2)21(27)23-13-20(26)25-22-24-17(14-30-22)15-8-6-5-7-9-15/h5-12,14H,3-4,13H2,1-2H3,(H,23,27)(H,24,25,26). The van der Waals surface area contributed by atoms with Crippen LogP contribution in [-0.2, 0) is 4.79 Å². The van der Waals surface area contributed by atoms with E-state index in [9.17, 15) is 9.59 Å². The maximum atomic E-state index is 12.4. The van der Waals surface area contributed by atoms with Crippen molar-refractivity contribution < 1.29 is 19.1 Å². The van der Waals surface area contributed by atoms with E-state index in [1.807, 2.05) is 49.6 Å². The molecule has 3 aromatic rings. The molecule has 2 amide bonds. The summed E-state index contributed by atoms with van der Waals surface area (Å²) in [6, 6.07) is 14.6. The van der Waals surface area contributed by atoms with Gasteiger partial charge in [0.05, 0.1) is 25.5 Å². The Morgan fingerprint density at radius 1 is 1.00 bits per heavy atom. The molecule has 2 N–H and O–H groups in total. The Morgan fingerprint density at radius 3 is 2.47 bits per heavy atom. The molecular weight excluding hydrogens is 402 g/mol. The van der Waals surface area contributed by atoms with E-state index in [1.54, 1.807) is 18.2 Å². The summed E-state index contributed by atoms with van der Waals surface area (Å²) in [4.78, 5) is 29.0. The van der Waals surface area contributed by atoms with Crippen LogP contribution in [0.4, 0.5) is 5.13 Å². The average Bonchev–Trinajstić information content (AvgIpc) is 3.22. The van der Waals surface area contributed by atoms with Crippen molar-refractivity contribution in [2.24, 2.45) is 0 Å². The maximum Gasteiger partial charge on any atom is 0.251 e. The minimum absolute atomic E-state index is 0.170. The van der Waals surface area contributed by atoms with Gasteiger partial charge in [0.1, 0.15) is 0 Å². The number of ether oxygens (including phenoxy) is 2. The molecule has 1 aromatic heterocycles. The second kappa shape index (κ2) is 10.4. The molecule has 8 heteroatoms. The Bertz CT molecular complexity index is 1000. The number of nitrogens with one attached hydrogen (secondary N) is 2. The van der Waals surface area contributed by atoms with Crippen molar-refractivity contribution in [3.05, 3.63) is 59.5 Å². The zero-order valence-corrected chi connectivity index (χ0v) is 17.6. The van der Waals surface area contributed by atoms with E-state index < -0.39 is 0 Å². The van der Waals surface area contributed by atoms with Crippen molar-refractivity contribution in [2.45, 2.75) is 13.8 Å². The zero-order valence-electron chi connectivity index (χ0n) is 16.8. The van der Waals surface area contributed by atoms with Crippen molar-refractivity contribution in [3.8, 4) is 22.8 Å². The number of benzene rings is 2. The molecule has 7 nitrogen and oxygen atoms in total. The lowest BCUT2D eigenvalue weighted by Crippen LogP contribution is -2.32. The van der Waals surface area contributed by atoms with Crippen molar-refractivity contribution >= 4 is 28.3 Å². The lowest BCUT2D eigenvalue weighted by molar-refractivity contribution is -0.115. The fraction of sp³-hybridized carbons (Fsp3) is 0.227. The molecule has 0 atom stereocenters. The van der Waals surface area contributed by atoms with E-state index >= 15 is 0 Å². The van der Waals surface area contributed by atoms with Crippen LogP contribution in [0.2, 0.25) is 0 Å². The second-order valence-corrected chi connectivity index (χ2v) is 7.02. The van der Waals surface area contributed by atoms with E-state index in [1.165, 1.54) is 11.3 Å². The fourth-order valence-electron chi connectivity index (χ4n) is 2.69. The van der Waals surface area contributed by atoms with Crippen LogP contribution in [0.3, 0.4) is 0 Å². The molecule has 0 saturated carbocycles. The number of carbonyl (C=O) groups is 2. The fourth-order valence-corrected chi connectivity index (χ4v) is 3.43. The first-order chi connectivity index (χ1) is 14.6. The molecule has 0 saturated heterocycles. The van der Waals surface area contributed by atoms with Gasteiger partial charge in [-0.1, -0.05) is 30.3 Å². The third-order valence-corrected chi connectivity index (χ3v) is 4.79. The minimum Gasteiger partial charge on any atom is -0.490 e. The molecule has 0 aliphatic heterocycles. The van der Waals surface area contributed by atoms with Gasteiger partial charge in [-0.25, -0.2) is 4.98 Å². The summed E-state index contributed by atoms with van der Waals surface area (Å²) < 4.78 is 11.0. The Kier molecular flexibility index (Phi) is 7.40. The highest BCUT2D eigenvalue weighted by molar-refractivity contribution is 7.14. The van der Waals surface area contributed by atoms with Gasteiger partial charge in [-0.2, -0.15) is 0 Å². The third-order valence-electron chi connectivity index (χ3n) is 4.04. The topological polar surface area (TPSA) is 89.5 Å². The summed E-state index contributed by atoms with van der Waals surface area (Å²) in [5, 5.41) is 7.67. The summed E-state index contributed by atoms with van der Waals surface area (Å²) in [5.41, 5.74) is 2.15. The SMILES string of the molecule is CCOc1ccc(C(=O)NCC(=O)Nc2nc(-c3ccccc3)cs2)cc1OCC. The number of nitrogens with zero attached hydrogens (tertiary/aromatic N) is 1. The van der Waals surface area contributed by atoms with Crippen LogP contribution < -0.4 is 20.1 Å². The minimum atomic E-state index is -0.377. The first-order valence-electron chi connectivity index (χ1n) is 9.59. The lowest BCUT2D eigenvalue weighted by Gasteiger charge is -2.12. The van der Waals surface area contributed by atoms with Crippen LogP contribution in [0.15, 0.2) is 53.9 Å². The predicted octanol–water partition coefficient (Wildman–Crippen LogP) is 3.98. The van der Waals surface area contributed by atoms with E-state index in [2.05, 4.69) is 15.6 Å². The first kappa shape index (κ1) is 21.3. The van der Waals surface area contributed by atoms with E-state index in [-0.39, 0.29) is 18.4 Å². The van der Waals surface area contributed by atoms with Gasteiger partial charge < -0.3 is 20.1 Å². The molecular formula is C22H23N3O4S. The van der Waals surface area contributed by atoms with Crippen LogP contribution in [0.5, 0.6) is 11.5 Å². The van der Waals surface area contributed by atoms with Gasteiger partial charge in [0, 0.05) is 16.5 Å². The van der Waals surface area contributed by atoms with E-state index in [0.29, 0.717) is 35.4 Å². The smallest absolute Gasteiger partial charge is 0.251 e. The summed E-state index contributed by atoms with van der Waals surface area (Å²) in [7, 11) is 0. The molecule has 0 bridgehead atoms. The van der Waals surface area contributed by atoms with Gasteiger partial charge in [0.15, 0.2) is 16.6 Å². The molecule has 0 aliphatic carbocycles. The second-order valence-electron chi connectivity index (χ2n) is 6.16. The number of hydrogen-bond acceptors (Lipinski definition) is 6. The van der Waals surface area contributed by atoms with Crippen LogP contribution in [0, 0.1) is 0 Å². The molecule has 0 radical (unpaired) electrons. The van der Waals surface area contributed by atoms with Crippen molar-refractivity contribution in [3.63, 3.8) is 0 Å². The summed E-state index contributed by atoms with van der Waals surface area (Å²) in [5.74, 6) is 0.339. The molecule has 3 rings (SSSR count). The monoisotopic (exact) mass is 425 g/mol. The normalized spacial score (nSPS) is 10.3. The molecule has 156 valence electrons. The Balaban J connectivity index is 1.56. The Labute approximate surface area is 179 Å². The summed E-state index contributed by atoms with van der Waals surface area (Å²) in [6.07, 6.45) is 0. The average molecular weight is 426 g/mol. The number of thiazole rings is 1. The number of amides is 2. The molecule has 1 heterocycles. The van der Waals surface area contributed by atoms with Gasteiger partial charge >= 0.3 is 0 Å². The quantitative estimate of drug-likeness (QED) is 0.541. The maximum absolute atomic E-state index is 12.4. The van der Waals surface area contributed by atoms with Gasteiger partial charge in [-0.15, -0.1) is 11.3 Å². The van der Waals surface area contributed by atoms with Crippen LogP contribution in [0.1, 0.15) is 24.2 Å². The van der Waals surface area contributed by atoms with Gasteiger partial charge in [0.2, 0.25) is 5.91 Å². The summed E-state index contributed by atoms with van der Waals surface area (Å²) >= 11 is 1.33. The highest BCUT2D eigenvalue weighted by Gasteiger charge is 2.13. The van der Waals surface area contributed by atoms with Crippen molar-refractivity contribution in [2.75, 3.05) is 25.1 Å². The van der Waals surface area contributed by atoms with Crippen LogP contribution >= 0.6 is 11.3 Å². The van der Waals surface area contributed by atoms with E-state index in [0.717, 1.165) is 11.3 Å². The molecule has 0 aliphatic rings. The number of rotatable bonds is 9. The number of aromatic nitrogens is 1. The van der Waals surface area contributed by atoms with Crippen molar-refractivity contribution in [1.29, 1.82) is 0 Å². The summed E-state index contributed by atoms with van der Waals surface area (Å²) in [6.45, 7) is 4.51. The first-order valence-corrected chi connectivity index (χ1v) is 10.5. The number of carbonyl (C=O) groups excluding carboxylic acids is 2. The van der Waals surface area contributed by atoms with Crippen molar-refractivity contribution in [1.82, 2.24) is 10.3 Å². The zero-order chi connectivity index (χ0) is 21.3. The molecule has 0 unspecified atom stereocenters. The molecule has 0 spiro atoms. The highest BCUT2D eigenvalue weighted by Crippen LogP contribution is 2.28. The third kappa shape index (κ3) is 5.57. The Morgan fingerprint density at radius 2 is 1.73 bits per heavy atom. The van der Waals surface area contributed by atoms with Gasteiger partial charge in [-0.05, 0) is 32.0 Å². The highest BCUT2D eigenvalue weighted by atomic mass is 32.1. The van der Waals surface area contributed by atoms with Crippen LogP contribution in [0.25, 0.3) is 11.3 Å². The van der Waals surface area contributed by atoms with Gasteiger partial charge in [-0.3, -0.25) is 9.59 Å². The lowest BCUT2D eigenvalue weighted by atomic mass is 10.2.